The monoisotopic (exact) mass is 212 g/mol. The normalized spacial score (nSPS) is 17.9. The van der Waals surface area contributed by atoms with Crippen LogP contribution in [0.1, 0.15) is 26.2 Å². The molecule has 3 N–H and O–H groups in total. The molecule has 1 aromatic heterocycles. The molecule has 5 heteroatoms. The van der Waals surface area contributed by atoms with Crippen molar-refractivity contribution in [2.45, 2.75) is 31.7 Å². The van der Waals surface area contributed by atoms with Crippen molar-refractivity contribution in [3.63, 3.8) is 0 Å². The van der Waals surface area contributed by atoms with Crippen molar-refractivity contribution >= 4 is 23.4 Å². The number of hydrogen-bond acceptors (Lipinski definition) is 4. The number of nitrogen functional groups attached to an aromatic ring is 1. The molecule has 0 aliphatic heterocycles. The molecule has 1 aliphatic carbocycles. The molecular weight excluding hydrogens is 200 g/mol. The van der Waals surface area contributed by atoms with Crippen LogP contribution in [0.3, 0.4) is 0 Å². The third-order valence-electron chi connectivity index (χ3n) is 2.64. The Balaban J connectivity index is 2.16. The standard InChI is InChI=1S/C9H13ClN4/c1-2-9(3-4-9)14-7-5-6(10)12-8(11)13-7/h5H,2-4H2,1H3,(H3,11,12,13,14). The van der Waals surface area contributed by atoms with Crippen LogP contribution in [0.4, 0.5) is 11.8 Å². The lowest BCUT2D eigenvalue weighted by atomic mass is 10.2. The van der Waals surface area contributed by atoms with Crippen molar-refractivity contribution in [2.24, 2.45) is 0 Å². The van der Waals surface area contributed by atoms with Gasteiger partial charge in [0.1, 0.15) is 11.0 Å². The molecule has 0 saturated heterocycles. The fourth-order valence-corrected chi connectivity index (χ4v) is 1.68. The fraction of sp³-hybridized carbons (Fsp3) is 0.556. The van der Waals surface area contributed by atoms with Crippen LogP contribution in [0.5, 0.6) is 0 Å². The van der Waals surface area contributed by atoms with Gasteiger partial charge in [0.15, 0.2) is 0 Å². The summed E-state index contributed by atoms with van der Waals surface area (Å²) in [5.74, 6) is 0.939. The molecule has 76 valence electrons. The van der Waals surface area contributed by atoms with Gasteiger partial charge >= 0.3 is 0 Å². The molecule has 1 heterocycles. The van der Waals surface area contributed by atoms with E-state index in [0.717, 1.165) is 12.2 Å². The van der Waals surface area contributed by atoms with Gasteiger partial charge in [0, 0.05) is 11.6 Å². The molecule has 1 aliphatic rings. The molecule has 0 atom stereocenters. The van der Waals surface area contributed by atoms with E-state index in [0.29, 0.717) is 5.15 Å². The number of rotatable bonds is 3. The maximum absolute atomic E-state index is 5.77. The van der Waals surface area contributed by atoms with Crippen molar-refractivity contribution in [2.75, 3.05) is 11.1 Å². The van der Waals surface area contributed by atoms with Crippen molar-refractivity contribution in [1.29, 1.82) is 0 Å². The minimum atomic E-state index is 0.215. The molecule has 1 aromatic rings. The maximum atomic E-state index is 5.77. The highest BCUT2D eigenvalue weighted by molar-refractivity contribution is 6.29. The van der Waals surface area contributed by atoms with Gasteiger partial charge in [-0.2, -0.15) is 4.98 Å². The largest absolute Gasteiger partial charge is 0.368 e. The first-order chi connectivity index (χ1) is 6.63. The summed E-state index contributed by atoms with van der Waals surface area (Å²) in [4.78, 5) is 7.88. The van der Waals surface area contributed by atoms with E-state index >= 15 is 0 Å². The SMILES string of the molecule is CCC1(Nc2cc(Cl)nc(N)n2)CC1. The number of nitrogens with two attached hydrogens (primary N) is 1. The second-order valence-corrected chi connectivity index (χ2v) is 4.08. The van der Waals surface area contributed by atoms with Gasteiger partial charge in [0.05, 0.1) is 0 Å². The highest BCUT2D eigenvalue weighted by Crippen LogP contribution is 2.41. The van der Waals surface area contributed by atoms with Gasteiger partial charge in [-0.1, -0.05) is 18.5 Å². The molecule has 1 fully saturated rings. The summed E-state index contributed by atoms with van der Waals surface area (Å²) in [6.45, 7) is 2.16. The number of nitrogens with one attached hydrogen (secondary N) is 1. The maximum Gasteiger partial charge on any atom is 0.223 e. The van der Waals surface area contributed by atoms with E-state index in [1.807, 2.05) is 0 Å². The Morgan fingerprint density at radius 2 is 2.29 bits per heavy atom. The summed E-state index contributed by atoms with van der Waals surface area (Å²) in [5.41, 5.74) is 5.72. The first-order valence-electron chi connectivity index (χ1n) is 4.72. The van der Waals surface area contributed by atoms with E-state index in [1.165, 1.54) is 12.8 Å². The lowest BCUT2D eigenvalue weighted by Gasteiger charge is -2.15. The minimum Gasteiger partial charge on any atom is -0.368 e. The quantitative estimate of drug-likeness (QED) is 0.753. The molecule has 2 rings (SSSR count). The van der Waals surface area contributed by atoms with Gasteiger partial charge in [-0.15, -0.1) is 0 Å². The van der Waals surface area contributed by atoms with Gasteiger partial charge in [-0.3, -0.25) is 0 Å². The Kier molecular flexibility index (Phi) is 2.23. The van der Waals surface area contributed by atoms with Crippen molar-refractivity contribution < 1.29 is 0 Å². The first kappa shape index (κ1) is 9.52. The number of aromatic nitrogens is 2. The number of anilines is 2. The molecule has 0 aromatic carbocycles. The Morgan fingerprint density at radius 1 is 1.57 bits per heavy atom. The highest BCUT2D eigenvalue weighted by Gasteiger charge is 2.40. The van der Waals surface area contributed by atoms with E-state index < -0.39 is 0 Å². The Bertz CT molecular complexity index is 328. The van der Waals surface area contributed by atoms with Gasteiger partial charge in [-0.25, -0.2) is 4.98 Å². The zero-order chi connectivity index (χ0) is 10.2. The molecule has 14 heavy (non-hydrogen) atoms. The van der Waals surface area contributed by atoms with Crippen LogP contribution >= 0.6 is 11.6 Å². The number of halogens is 1. The summed E-state index contributed by atoms with van der Waals surface area (Å²) in [5, 5.41) is 3.73. The molecule has 0 bridgehead atoms. The molecule has 0 unspecified atom stereocenters. The summed E-state index contributed by atoms with van der Waals surface area (Å²) in [6, 6.07) is 1.70. The van der Waals surface area contributed by atoms with Gasteiger partial charge < -0.3 is 11.1 Å². The molecular formula is C9H13ClN4. The van der Waals surface area contributed by atoms with Crippen LogP contribution < -0.4 is 11.1 Å². The van der Waals surface area contributed by atoms with Crippen LogP contribution in [0, 0.1) is 0 Å². The summed E-state index contributed by atoms with van der Waals surface area (Å²) < 4.78 is 0. The zero-order valence-corrected chi connectivity index (χ0v) is 8.80. The highest BCUT2D eigenvalue weighted by atomic mass is 35.5. The van der Waals surface area contributed by atoms with Crippen molar-refractivity contribution in [3.05, 3.63) is 11.2 Å². The smallest absolute Gasteiger partial charge is 0.223 e. The Labute approximate surface area is 87.9 Å². The third kappa shape index (κ3) is 1.90. The Morgan fingerprint density at radius 3 is 2.79 bits per heavy atom. The van der Waals surface area contributed by atoms with E-state index in [1.54, 1.807) is 6.07 Å². The molecule has 0 radical (unpaired) electrons. The van der Waals surface area contributed by atoms with E-state index in [9.17, 15) is 0 Å². The molecule has 0 spiro atoms. The van der Waals surface area contributed by atoms with Gasteiger partial charge in [0.25, 0.3) is 0 Å². The fourth-order valence-electron chi connectivity index (χ4n) is 1.49. The van der Waals surface area contributed by atoms with E-state index in [-0.39, 0.29) is 11.5 Å². The Hall–Kier alpha value is -1.03. The summed E-state index contributed by atoms with van der Waals surface area (Å²) in [7, 11) is 0. The van der Waals surface area contributed by atoms with Crippen LogP contribution in [-0.4, -0.2) is 15.5 Å². The van der Waals surface area contributed by atoms with Crippen LogP contribution in [0.15, 0.2) is 6.07 Å². The first-order valence-corrected chi connectivity index (χ1v) is 5.10. The predicted molar refractivity (Wildman–Crippen MR) is 57.3 cm³/mol. The molecule has 0 amide bonds. The lowest BCUT2D eigenvalue weighted by molar-refractivity contribution is 0.697. The second kappa shape index (κ2) is 3.28. The van der Waals surface area contributed by atoms with Crippen LogP contribution in [0.2, 0.25) is 5.15 Å². The summed E-state index contributed by atoms with van der Waals surface area (Å²) >= 11 is 5.77. The molecule has 4 nitrogen and oxygen atoms in total. The van der Waals surface area contributed by atoms with Gasteiger partial charge in [0.2, 0.25) is 5.95 Å². The van der Waals surface area contributed by atoms with Crippen molar-refractivity contribution in [1.82, 2.24) is 9.97 Å². The number of hydrogen-bond donors (Lipinski definition) is 2. The lowest BCUT2D eigenvalue weighted by Crippen LogP contribution is -2.20. The average Bonchev–Trinajstić information content (AvgIpc) is 2.83. The van der Waals surface area contributed by atoms with E-state index in [4.69, 9.17) is 17.3 Å². The predicted octanol–water partition coefficient (Wildman–Crippen LogP) is 2.07. The summed E-state index contributed by atoms with van der Waals surface area (Å²) in [6.07, 6.45) is 3.46. The average molecular weight is 213 g/mol. The van der Waals surface area contributed by atoms with Crippen molar-refractivity contribution in [3.8, 4) is 0 Å². The second-order valence-electron chi connectivity index (χ2n) is 3.69. The molecule has 1 saturated carbocycles. The zero-order valence-electron chi connectivity index (χ0n) is 8.05. The van der Waals surface area contributed by atoms with Gasteiger partial charge in [-0.05, 0) is 19.3 Å². The third-order valence-corrected chi connectivity index (χ3v) is 2.83. The topological polar surface area (TPSA) is 63.8 Å². The van der Waals surface area contributed by atoms with Crippen LogP contribution in [0.25, 0.3) is 0 Å². The van der Waals surface area contributed by atoms with E-state index in [2.05, 4.69) is 22.2 Å². The number of nitrogens with zero attached hydrogens (tertiary/aromatic N) is 2. The van der Waals surface area contributed by atoms with Crippen LogP contribution in [-0.2, 0) is 0 Å². The minimum absolute atomic E-state index is 0.215.